The Balaban J connectivity index is 1.51. The van der Waals surface area contributed by atoms with Crippen LogP contribution in [-0.2, 0) is 14.3 Å². The number of benzene rings is 2. The summed E-state index contributed by atoms with van der Waals surface area (Å²) < 4.78 is 24.5. The van der Waals surface area contributed by atoms with Crippen molar-refractivity contribution in [2.24, 2.45) is 5.92 Å². The van der Waals surface area contributed by atoms with Crippen LogP contribution in [-0.4, -0.2) is 37.4 Å². The van der Waals surface area contributed by atoms with Gasteiger partial charge in [-0.2, -0.15) is 0 Å². The first-order valence-corrected chi connectivity index (χ1v) is 9.32. The maximum absolute atomic E-state index is 13.8. The lowest BCUT2D eigenvalue weighted by Crippen LogP contribution is -2.27. The number of ether oxygens (including phenoxy) is 2. The number of amides is 1. The molecule has 0 spiro atoms. The summed E-state index contributed by atoms with van der Waals surface area (Å²) in [5.74, 6) is -1.45. The first-order valence-electron chi connectivity index (χ1n) is 9.32. The van der Waals surface area contributed by atoms with E-state index in [2.05, 4.69) is 0 Å². The number of nitrogens with zero attached hydrogens (tertiary/aromatic N) is 1. The Morgan fingerprint density at radius 2 is 1.93 bits per heavy atom. The van der Waals surface area contributed by atoms with E-state index in [9.17, 15) is 18.8 Å². The average Bonchev–Trinajstić information content (AvgIpc) is 3.09. The molecule has 7 heteroatoms. The zero-order valence-corrected chi connectivity index (χ0v) is 16.3. The highest BCUT2D eigenvalue weighted by atomic mass is 19.1. The zero-order chi connectivity index (χ0) is 21.0. The fourth-order valence-electron chi connectivity index (χ4n) is 3.16. The maximum atomic E-state index is 13.8. The molecular weight excluding hydrogens is 377 g/mol. The number of carbonyl (C=O) groups is 3. The molecule has 152 valence electrons. The molecule has 6 nitrogen and oxygen atoms in total. The fraction of sp³-hybridized carbons (Fsp3) is 0.318. The van der Waals surface area contributed by atoms with E-state index in [4.69, 9.17) is 9.47 Å². The van der Waals surface area contributed by atoms with Crippen LogP contribution in [0.3, 0.4) is 0 Å². The van der Waals surface area contributed by atoms with Gasteiger partial charge in [0.2, 0.25) is 5.91 Å². The van der Waals surface area contributed by atoms with E-state index in [-0.39, 0.29) is 37.9 Å². The first-order chi connectivity index (χ1) is 13.9. The van der Waals surface area contributed by atoms with Crippen LogP contribution < -0.4 is 9.64 Å². The van der Waals surface area contributed by atoms with Crippen molar-refractivity contribution in [3.63, 3.8) is 0 Å². The highest BCUT2D eigenvalue weighted by molar-refractivity contribution is 5.99. The summed E-state index contributed by atoms with van der Waals surface area (Å²) in [5, 5.41) is 0. The summed E-state index contributed by atoms with van der Waals surface area (Å²) in [6.07, 6.45) is 0.0162. The molecule has 29 heavy (non-hydrogen) atoms. The van der Waals surface area contributed by atoms with Gasteiger partial charge in [0.25, 0.3) is 0 Å². The topological polar surface area (TPSA) is 72.9 Å². The van der Waals surface area contributed by atoms with Crippen LogP contribution in [0.1, 0.15) is 29.3 Å². The van der Waals surface area contributed by atoms with E-state index in [1.807, 2.05) is 0 Å². The predicted molar refractivity (Wildman–Crippen MR) is 104 cm³/mol. The molecule has 1 amide bonds. The number of carbonyl (C=O) groups excluding carboxylic acids is 3. The number of hydrogen-bond acceptors (Lipinski definition) is 5. The van der Waals surface area contributed by atoms with Crippen molar-refractivity contribution in [2.75, 3.05) is 24.7 Å². The van der Waals surface area contributed by atoms with Crippen molar-refractivity contribution >= 4 is 23.3 Å². The molecular formula is C22H22FNO5. The maximum Gasteiger partial charge on any atom is 0.311 e. The van der Waals surface area contributed by atoms with E-state index < -0.39 is 17.7 Å². The van der Waals surface area contributed by atoms with E-state index in [1.54, 1.807) is 43.3 Å². The summed E-state index contributed by atoms with van der Waals surface area (Å²) >= 11 is 0. The Bertz CT molecular complexity index is 943. The van der Waals surface area contributed by atoms with E-state index in [0.717, 1.165) is 0 Å². The number of halogens is 1. The molecule has 1 fully saturated rings. The quantitative estimate of drug-likeness (QED) is 0.406. The first kappa shape index (κ1) is 20.5. The van der Waals surface area contributed by atoms with Crippen molar-refractivity contribution in [1.82, 2.24) is 0 Å². The van der Waals surface area contributed by atoms with Crippen molar-refractivity contribution in [3.05, 3.63) is 59.4 Å². The summed E-state index contributed by atoms with van der Waals surface area (Å²) in [6.45, 7) is 3.32. The number of para-hydroxylation sites is 1. The molecule has 3 rings (SSSR count). The van der Waals surface area contributed by atoms with Gasteiger partial charge in [-0.25, -0.2) is 4.39 Å². The van der Waals surface area contributed by atoms with E-state index in [0.29, 0.717) is 22.6 Å². The minimum absolute atomic E-state index is 0.00504. The third kappa shape index (κ3) is 4.80. The lowest BCUT2D eigenvalue weighted by molar-refractivity contribution is -0.149. The molecule has 2 aromatic carbocycles. The second kappa shape index (κ2) is 8.86. The number of esters is 1. The van der Waals surface area contributed by atoms with Crippen LogP contribution in [0.5, 0.6) is 5.75 Å². The number of hydrogen-bond donors (Lipinski definition) is 0. The lowest BCUT2D eigenvalue weighted by atomic mass is 10.1. The van der Waals surface area contributed by atoms with Gasteiger partial charge in [-0.3, -0.25) is 14.4 Å². The van der Waals surface area contributed by atoms with Crippen LogP contribution in [0.2, 0.25) is 0 Å². The summed E-state index contributed by atoms with van der Waals surface area (Å²) in [5.41, 5.74) is 1.38. The zero-order valence-electron chi connectivity index (χ0n) is 16.3. The van der Waals surface area contributed by atoms with Gasteiger partial charge < -0.3 is 14.4 Å². The largest absolute Gasteiger partial charge is 0.489 e. The summed E-state index contributed by atoms with van der Waals surface area (Å²) in [6, 6.07) is 11.4. The van der Waals surface area contributed by atoms with Gasteiger partial charge in [-0.15, -0.1) is 0 Å². The number of ketones is 1. The molecule has 1 aliphatic rings. The molecule has 1 aliphatic heterocycles. The lowest BCUT2D eigenvalue weighted by Gasteiger charge is -2.17. The van der Waals surface area contributed by atoms with Crippen molar-refractivity contribution in [3.8, 4) is 5.75 Å². The van der Waals surface area contributed by atoms with E-state index >= 15 is 0 Å². The highest BCUT2D eigenvalue weighted by Gasteiger charge is 2.36. The molecule has 2 aromatic rings. The third-order valence-electron chi connectivity index (χ3n) is 4.78. The van der Waals surface area contributed by atoms with Crippen LogP contribution in [0.4, 0.5) is 10.1 Å². The molecule has 0 N–H and O–H groups in total. The van der Waals surface area contributed by atoms with Gasteiger partial charge in [0.15, 0.2) is 5.78 Å². The van der Waals surface area contributed by atoms with Crippen molar-refractivity contribution < 1.29 is 28.2 Å². The van der Waals surface area contributed by atoms with Gasteiger partial charge in [0.05, 0.1) is 11.5 Å². The number of Topliss-reactive ketones (excluding diaryl/α,β-unsaturated/α-hetero) is 1. The standard InChI is InChI=1S/C22H22FNO5/c1-14-7-8-17(12-19(14)23)24-13-16(11-21(24)26)22(27)29-10-9-28-20-6-4-3-5-18(20)15(2)25/h3-8,12,16H,9-11,13H2,1-2H3/t16-/m1/s1. The predicted octanol–water partition coefficient (Wildman–Crippen LogP) is 3.31. The Hall–Kier alpha value is -3.22. The molecule has 1 saturated heterocycles. The molecule has 0 saturated carbocycles. The minimum Gasteiger partial charge on any atom is -0.489 e. The fourth-order valence-corrected chi connectivity index (χ4v) is 3.16. The molecule has 0 bridgehead atoms. The number of rotatable bonds is 7. The Morgan fingerprint density at radius 3 is 2.66 bits per heavy atom. The summed E-state index contributed by atoms with van der Waals surface area (Å²) in [4.78, 5) is 37.5. The Kier molecular flexibility index (Phi) is 6.26. The molecule has 0 unspecified atom stereocenters. The molecule has 0 aromatic heterocycles. The Morgan fingerprint density at radius 1 is 1.17 bits per heavy atom. The molecule has 0 aliphatic carbocycles. The van der Waals surface area contributed by atoms with Crippen LogP contribution >= 0.6 is 0 Å². The second-order valence-electron chi connectivity index (χ2n) is 6.91. The van der Waals surface area contributed by atoms with Gasteiger partial charge in [-0.1, -0.05) is 18.2 Å². The number of anilines is 1. The van der Waals surface area contributed by atoms with Crippen LogP contribution in [0.25, 0.3) is 0 Å². The van der Waals surface area contributed by atoms with Crippen molar-refractivity contribution in [1.29, 1.82) is 0 Å². The highest BCUT2D eigenvalue weighted by Crippen LogP contribution is 2.27. The van der Waals surface area contributed by atoms with Crippen molar-refractivity contribution in [2.45, 2.75) is 20.3 Å². The normalized spacial score (nSPS) is 16.0. The SMILES string of the molecule is CC(=O)c1ccccc1OCCOC(=O)[C@@H]1CC(=O)N(c2ccc(C)c(F)c2)C1. The van der Waals surface area contributed by atoms with Crippen LogP contribution in [0, 0.1) is 18.7 Å². The van der Waals surface area contributed by atoms with Crippen LogP contribution in [0.15, 0.2) is 42.5 Å². The molecule has 0 radical (unpaired) electrons. The van der Waals surface area contributed by atoms with Gasteiger partial charge in [0, 0.05) is 18.7 Å². The number of aryl methyl sites for hydroxylation is 1. The average molecular weight is 399 g/mol. The van der Waals surface area contributed by atoms with Gasteiger partial charge >= 0.3 is 5.97 Å². The molecule has 1 atom stereocenters. The third-order valence-corrected chi connectivity index (χ3v) is 4.78. The van der Waals surface area contributed by atoms with E-state index in [1.165, 1.54) is 17.9 Å². The molecule has 1 heterocycles. The minimum atomic E-state index is -0.614. The van der Waals surface area contributed by atoms with Gasteiger partial charge in [-0.05, 0) is 43.7 Å². The smallest absolute Gasteiger partial charge is 0.311 e. The summed E-state index contributed by atoms with van der Waals surface area (Å²) in [7, 11) is 0. The van der Waals surface area contributed by atoms with Gasteiger partial charge in [0.1, 0.15) is 24.8 Å². The second-order valence-corrected chi connectivity index (χ2v) is 6.91. The monoisotopic (exact) mass is 399 g/mol. The Labute approximate surface area is 168 Å².